The fourth-order valence-electron chi connectivity index (χ4n) is 1.72. The highest BCUT2D eigenvalue weighted by atomic mass is 16.5. The molecule has 4 heteroatoms. The third-order valence-corrected chi connectivity index (χ3v) is 2.53. The number of benzene rings is 1. The predicted molar refractivity (Wildman–Crippen MR) is 69.5 cm³/mol. The van der Waals surface area contributed by atoms with E-state index >= 15 is 0 Å². The number of nitrogens with one attached hydrogen (secondary N) is 1. The molecule has 0 radical (unpaired) electrons. The van der Waals surface area contributed by atoms with Gasteiger partial charge in [0.05, 0.1) is 20.2 Å². The van der Waals surface area contributed by atoms with Crippen molar-refractivity contribution >= 4 is 11.6 Å². The zero-order valence-electron chi connectivity index (χ0n) is 9.81. The normalized spacial score (nSPS) is 13.5. The van der Waals surface area contributed by atoms with Crippen molar-refractivity contribution in [1.29, 1.82) is 0 Å². The van der Waals surface area contributed by atoms with Crippen LogP contribution in [0.25, 0.3) is 0 Å². The molecule has 1 N–H and O–H groups in total. The molecular formula is C13H15N3O. The Morgan fingerprint density at radius 2 is 2.47 bits per heavy atom. The van der Waals surface area contributed by atoms with Crippen LogP contribution in [0.4, 0.5) is 5.69 Å². The summed E-state index contributed by atoms with van der Waals surface area (Å²) < 4.78 is 5.21. The molecular weight excluding hydrogens is 214 g/mol. The maximum absolute atomic E-state index is 5.40. The monoisotopic (exact) mass is 229 g/mol. The van der Waals surface area contributed by atoms with Crippen molar-refractivity contribution in [2.45, 2.75) is 0 Å². The van der Waals surface area contributed by atoms with Crippen LogP contribution in [0.3, 0.4) is 0 Å². The molecule has 0 fully saturated rings. The first-order chi connectivity index (χ1) is 8.35. The molecule has 1 aromatic carbocycles. The minimum Gasteiger partial charge on any atom is -0.497 e. The third kappa shape index (κ3) is 2.51. The Morgan fingerprint density at radius 1 is 1.59 bits per heavy atom. The third-order valence-electron chi connectivity index (χ3n) is 2.53. The van der Waals surface area contributed by atoms with E-state index in [-0.39, 0.29) is 0 Å². The summed E-state index contributed by atoms with van der Waals surface area (Å²) in [6.07, 6.45) is 5.40. The molecule has 0 amide bonds. The van der Waals surface area contributed by atoms with Crippen LogP contribution < -0.4 is 15.0 Å². The second kappa shape index (κ2) is 5.26. The Labute approximate surface area is 101 Å². The van der Waals surface area contributed by atoms with E-state index in [1.165, 1.54) is 0 Å². The molecule has 1 aromatic rings. The highest BCUT2D eigenvalue weighted by Gasteiger charge is 2.15. The lowest BCUT2D eigenvalue weighted by Crippen LogP contribution is -2.39. The number of ether oxygens (including phenoxy) is 1. The molecule has 0 aliphatic carbocycles. The van der Waals surface area contributed by atoms with Crippen molar-refractivity contribution in [1.82, 2.24) is 5.32 Å². The first-order valence-corrected chi connectivity index (χ1v) is 5.48. The number of nitrogens with zero attached hydrogens (tertiary/aromatic N) is 2. The van der Waals surface area contributed by atoms with Crippen molar-refractivity contribution in [2.75, 3.05) is 31.6 Å². The van der Waals surface area contributed by atoms with E-state index in [0.29, 0.717) is 6.54 Å². The lowest BCUT2D eigenvalue weighted by Gasteiger charge is -2.22. The minimum absolute atomic E-state index is 0.485. The van der Waals surface area contributed by atoms with E-state index in [0.717, 1.165) is 30.5 Å². The number of guanidine groups is 1. The van der Waals surface area contributed by atoms with Crippen molar-refractivity contribution in [2.24, 2.45) is 4.99 Å². The van der Waals surface area contributed by atoms with Crippen molar-refractivity contribution in [3.63, 3.8) is 0 Å². The zero-order chi connectivity index (χ0) is 12.1. The van der Waals surface area contributed by atoms with Gasteiger partial charge in [0.2, 0.25) is 0 Å². The number of anilines is 1. The van der Waals surface area contributed by atoms with Gasteiger partial charge in [-0.2, -0.15) is 0 Å². The number of hydrogen-bond acceptors (Lipinski definition) is 4. The molecule has 0 saturated carbocycles. The van der Waals surface area contributed by atoms with Crippen LogP contribution in [0, 0.1) is 12.3 Å². The maximum Gasteiger partial charge on any atom is 0.199 e. The van der Waals surface area contributed by atoms with Gasteiger partial charge in [-0.25, -0.2) is 0 Å². The van der Waals surface area contributed by atoms with E-state index in [2.05, 4.69) is 16.2 Å². The van der Waals surface area contributed by atoms with Crippen LogP contribution in [0.5, 0.6) is 5.75 Å². The van der Waals surface area contributed by atoms with Gasteiger partial charge in [-0.3, -0.25) is 4.99 Å². The molecule has 0 spiro atoms. The first-order valence-electron chi connectivity index (χ1n) is 5.48. The number of aliphatic imine (C=N–C) groups is 1. The molecule has 4 nitrogen and oxygen atoms in total. The zero-order valence-corrected chi connectivity index (χ0v) is 9.81. The molecule has 2 rings (SSSR count). The van der Waals surface area contributed by atoms with Gasteiger partial charge in [0.15, 0.2) is 5.96 Å². The Bertz CT molecular complexity index is 462. The Balaban J connectivity index is 2.28. The lowest BCUT2D eigenvalue weighted by atomic mass is 10.2. The van der Waals surface area contributed by atoms with Crippen LogP contribution in [0.15, 0.2) is 29.3 Å². The Hall–Kier alpha value is -2.15. The molecule has 1 heterocycles. The Kier molecular flexibility index (Phi) is 3.51. The number of hydrogen-bond donors (Lipinski definition) is 1. The fourth-order valence-corrected chi connectivity index (χ4v) is 1.72. The SMILES string of the molecule is C#CCN(C1=NCCN1)c1cccc(OC)c1. The van der Waals surface area contributed by atoms with Crippen LogP contribution in [0.2, 0.25) is 0 Å². The van der Waals surface area contributed by atoms with Crippen LogP contribution >= 0.6 is 0 Å². The molecule has 0 atom stereocenters. The van der Waals surface area contributed by atoms with Gasteiger partial charge in [0.25, 0.3) is 0 Å². The molecule has 17 heavy (non-hydrogen) atoms. The number of terminal acetylenes is 1. The van der Waals surface area contributed by atoms with E-state index in [4.69, 9.17) is 11.2 Å². The quantitative estimate of drug-likeness (QED) is 0.788. The molecule has 0 unspecified atom stereocenters. The van der Waals surface area contributed by atoms with Gasteiger partial charge >= 0.3 is 0 Å². The van der Waals surface area contributed by atoms with Gasteiger partial charge in [0.1, 0.15) is 5.75 Å². The summed E-state index contributed by atoms with van der Waals surface area (Å²) in [5.74, 6) is 4.28. The van der Waals surface area contributed by atoms with E-state index < -0.39 is 0 Å². The molecule has 1 aliphatic heterocycles. The standard InChI is InChI=1S/C13H15N3O/c1-3-9-16(13-14-7-8-15-13)11-5-4-6-12(10-11)17-2/h1,4-6,10H,7-9H2,2H3,(H,14,15). The molecule has 0 bridgehead atoms. The Morgan fingerprint density at radius 3 is 3.12 bits per heavy atom. The molecule has 1 aliphatic rings. The van der Waals surface area contributed by atoms with Crippen LogP contribution in [-0.2, 0) is 0 Å². The van der Waals surface area contributed by atoms with Crippen molar-refractivity contribution in [3.05, 3.63) is 24.3 Å². The topological polar surface area (TPSA) is 36.9 Å². The number of methoxy groups -OCH3 is 1. The summed E-state index contributed by atoms with van der Waals surface area (Å²) in [7, 11) is 1.65. The smallest absolute Gasteiger partial charge is 0.199 e. The van der Waals surface area contributed by atoms with E-state index in [1.807, 2.05) is 29.2 Å². The first kappa shape index (κ1) is 11.3. The van der Waals surface area contributed by atoms with Gasteiger partial charge < -0.3 is 15.0 Å². The average molecular weight is 229 g/mol. The van der Waals surface area contributed by atoms with E-state index in [9.17, 15) is 0 Å². The summed E-state index contributed by atoms with van der Waals surface area (Å²) in [6, 6.07) is 7.77. The maximum atomic E-state index is 5.40. The summed E-state index contributed by atoms with van der Waals surface area (Å²) in [4.78, 5) is 6.35. The van der Waals surface area contributed by atoms with Gasteiger partial charge in [-0.05, 0) is 12.1 Å². The number of rotatable bonds is 3. The predicted octanol–water partition coefficient (Wildman–Crippen LogP) is 1.09. The lowest BCUT2D eigenvalue weighted by molar-refractivity contribution is 0.415. The molecule has 0 saturated heterocycles. The van der Waals surface area contributed by atoms with Gasteiger partial charge in [-0.1, -0.05) is 12.0 Å². The summed E-state index contributed by atoms with van der Waals surface area (Å²) >= 11 is 0. The largest absolute Gasteiger partial charge is 0.497 e. The van der Waals surface area contributed by atoms with Gasteiger partial charge in [0, 0.05) is 18.3 Å². The fraction of sp³-hybridized carbons (Fsp3) is 0.308. The van der Waals surface area contributed by atoms with Gasteiger partial charge in [-0.15, -0.1) is 6.42 Å². The van der Waals surface area contributed by atoms with Crippen LogP contribution in [0.1, 0.15) is 0 Å². The van der Waals surface area contributed by atoms with Crippen molar-refractivity contribution < 1.29 is 4.74 Å². The molecule has 88 valence electrons. The van der Waals surface area contributed by atoms with E-state index in [1.54, 1.807) is 7.11 Å². The summed E-state index contributed by atoms with van der Waals surface area (Å²) in [5.41, 5.74) is 0.982. The van der Waals surface area contributed by atoms with Crippen molar-refractivity contribution in [3.8, 4) is 18.1 Å². The summed E-state index contributed by atoms with van der Waals surface area (Å²) in [6.45, 7) is 2.14. The van der Waals surface area contributed by atoms with Crippen LogP contribution in [-0.4, -0.2) is 32.7 Å². The average Bonchev–Trinajstić information content (AvgIpc) is 2.89. The summed E-state index contributed by atoms with van der Waals surface area (Å²) in [5, 5.41) is 3.22. The second-order valence-electron chi connectivity index (χ2n) is 3.62. The molecule has 0 aromatic heterocycles. The minimum atomic E-state index is 0.485. The highest BCUT2D eigenvalue weighted by molar-refractivity contribution is 5.97. The highest BCUT2D eigenvalue weighted by Crippen LogP contribution is 2.21. The second-order valence-corrected chi connectivity index (χ2v) is 3.62.